The molecule has 1 aromatic rings. The van der Waals surface area contributed by atoms with Crippen molar-refractivity contribution in [1.82, 2.24) is 0 Å². The summed E-state index contributed by atoms with van der Waals surface area (Å²) in [6.07, 6.45) is 8.01. The molecule has 0 bridgehead atoms. The quantitative estimate of drug-likeness (QED) is 0.536. The molecule has 0 saturated carbocycles. The molecule has 0 heterocycles. The Labute approximate surface area is 147 Å². The van der Waals surface area contributed by atoms with Gasteiger partial charge in [0.15, 0.2) is 0 Å². The Balaban J connectivity index is 3.70. The third-order valence-electron chi connectivity index (χ3n) is 4.14. The molecule has 0 fully saturated rings. The Morgan fingerprint density at radius 1 is 1.21 bits per heavy atom. The molecular formula is C23H30O. The molecule has 1 atom stereocenters. The highest BCUT2D eigenvalue weighted by Crippen LogP contribution is 2.44. The topological polar surface area (TPSA) is 17.1 Å². The van der Waals surface area contributed by atoms with Gasteiger partial charge < -0.3 is 0 Å². The lowest BCUT2D eigenvalue weighted by molar-refractivity contribution is -0.116. The summed E-state index contributed by atoms with van der Waals surface area (Å²) >= 11 is 0. The van der Waals surface area contributed by atoms with E-state index in [2.05, 4.69) is 71.2 Å². The smallest absolute Gasteiger partial charge is 0.134 e. The second kappa shape index (κ2) is 8.63. The predicted molar refractivity (Wildman–Crippen MR) is 105 cm³/mol. The van der Waals surface area contributed by atoms with Gasteiger partial charge in [-0.2, -0.15) is 0 Å². The number of hydrogen-bond donors (Lipinski definition) is 0. The van der Waals surface area contributed by atoms with Crippen LogP contribution in [-0.4, -0.2) is 5.78 Å². The van der Waals surface area contributed by atoms with Gasteiger partial charge in [0, 0.05) is 12.3 Å². The minimum atomic E-state index is -0.00198. The monoisotopic (exact) mass is 322 g/mol. The number of ketones is 1. The molecule has 0 aliphatic heterocycles. The van der Waals surface area contributed by atoms with Crippen LogP contribution in [0, 0.1) is 12.3 Å². The van der Waals surface area contributed by atoms with Gasteiger partial charge in [-0.1, -0.05) is 82.5 Å². The molecule has 0 spiro atoms. The summed E-state index contributed by atoms with van der Waals surface area (Å²) in [6, 6.07) is 8.46. The molecule has 1 nitrogen and oxygen atoms in total. The Hall–Kier alpha value is -2.15. The van der Waals surface area contributed by atoms with Crippen LogP contribution in [0.1, 0.15) is 51.2 Å². The van der Waals surface area contributed by atoms with Crippen molar-refractivity contribution in [2.24, 2.45) is 5.41 Å². The Kier molecular flexibility index (Phi) is 7.16. The van der Waals surface area contributed by atoms with Gasteiger partial charge in [0.05, 0.1) is 0 Å². The van der Waals surface area contributed by atoms with Crippen molar-refractivity contribution in [3.05, 3.63) is 84.0 Å². The van der Waals surface area contributed by atoms with Gasteiger partial charge in [-0.3, -0.25) is 4.79 Å². The maximum Gasteiger partial charge on any atom is 0.134 e. The van der Waals surface area contributed by atoms with Crippen LogP contribution < -0.4 is 0 Å². The van der Waals surface area contributed by atoms with E-state index in [9.17, 15) is 4.79 Å². The minimum absolute atomic E-state index is 0.00198. The molecular weight excluding hydrogens is 292 g/mol. The van der Waals surface area contributed by atoms with Crippen molar-refractivity contribution in [3.8, 4) is 0 Å². The van der Waals surface area contributed by atoms with Gasteiger partial charge in [0.2, 0.25) is 0 Å². The maximum atomic E-state index is 11.7. The van der Waals surface area contributed by atoms with Gasteiger partial charge in [-0.25, -0.2) is 0 Å². The molecule has 0 N–H and O–H groups in total. The molecule has 0 aliphatic carbocycles. The van der Waals surface area contributed by atoms with Crippen molar-refractivity contribution in [3.63, 3.8) is 0 Å². The highest BCUT2D eigenvalue weighted by molar-refractivity contribution is 5.79. The van der Waals surface area contributed by atoms with Crippen molar-refractivity contribution in [2.45, 2.75) is 47.0 Å². The lowest BCUT2D eigenvalue weighted by Gasteiger charge is -2.34. The number of rotatable bonds is 7. The van der Waals surface area contributed by atoms with Crippen molar-refractivity contribution < 1.29 is 4.79 Å². The maximum absolute atomic E-state index is 11.7. The first-order chi connectivity index (χ1) is 11.2. The van der Waals surface area contributed by atoms with Crippen LogP contribution in [0.25, 0.3) is 0 Å². The van der Waals surface area contributed by atoms with Gasteiger partial charge in [0.1, 0.15) is 5.78 Å². The van der Waals surface area contributed by atoms with Crippen LogP contribution >= 0.6 is 0 Å². The van der Waals surface area contributed by atoms with Crippen molar-refractivity contribution >= 4 is 5.78 Å². The molecule has 0 saturated heterocycles. The molecule has 128 valence electrons. The summed E-state index contributed by atoms with van der Waals surface area (Å²) in [5.74, 6) is 0.314. The van der Waals surface area contributed by atoms with E-state index < -0.39 is 0 Å². The van der Waals surface area contributed by atoms with E-state index in [1.165, 1.54) is 11.1 Å². The number of benzene rings is 1. The van der Waals surface area contributed by atoms with Crippen LogP contribution in [-0.2, 0) is 4.79 Å². The largest absolute Gasteiger partial charge is 0.300 e. The third kappa shape index (κ3) is 5.19. The highest BCUT2D eigenvalue weighted by atomic mass is 16.1. The van der Waals surface area contributed by atoms with Crippen molar-refractivity contribution in [1.29, 1.82) is 0 Å². The lowest BCUT2D eigenvalue weighted by Crippen LogP contribution is -2.22. The number of hydrogen-bond acceptors (Lipinski definition) is 1. The zero-order valence-corrected chi connectivity index (χ0v) is 15.7. The highest BCUT2D eigenvalue weighted by Gasteiger charge is 2.31. The number of aryl methyl sites for hydroxylation is 1. The zero-order valence-electron chi connectivity index (χ0n) is 15.7. The van der Waals surface area contributed by atoms with E-state index in [-0.39, 0.29) is 17.1 Å². The fourth-order valence-electron chi connectivity index (χ4n) is 3.13. The van der Waals surface area contributed by atoms with E-state index in [1.54, 1.807) is 13.0 Å². The number of carbonyl (C=O) groups is 1. The standard InChI is InChI=1S/C23H30O/c1-8-10-14-21(19(9-2)16-18(4)24)22(23(5,6)7)20-15-12-11-13-17(20)3/h8-15,22H,1-2,16H2,3-7H3/b14-10-,21-19-. The van der Waals surface area contributed by atoms with E-state index in [0.717, 1.165) is 11.1 Å². The molecule has 1 unspecified atom stereocenters. The summed E-state index contributed by atoms with van der Waals surface area (Å²) in [6.45, 7) is 18.2. The Bertz CT molecular complexity index is 666. The number of allylic oxidation sites excluding steroid dienone is 6. The summed E-state index contributed by atoms with van der Waals surface area (Å²) in [5, 5.41) is 0. The van der Waals surface area contributed by atoms with Crippen LogP contribution in [0.5, 0.6) is 0 Å². The van der Waals surface area contributed by atoms with E-state index in [0.29, 0.717) is 6.42 Å². The molecule has 24 heavy (non-hydrogen) atoms. The number of carbonyl (C=O) groups excluding carboxylic acids is 1. The first-order valence-electron chi connectivity index (χ1n) is 8.42. The predicted octanol–water partition coefficient (Wildman–Crippen LogP) is 6.33. The first-order valence-corrected chi connectivity index (χ1v) is 8.42. The van der Waals surface area contributed by atoms with Gasteiger partial charge in [-0.05, 0) is 41.5 Å². The second-order valence-corrected chi connectivity index (χ2v) is 7.31. The summed E-state index contributed by atoms with van der Waals surface area (Å²) in [4.78, 5) is 11.7. The van der Waals surface area contributed by atoms with Crippen LogP contribution in [0.15, 0.2) is 72.9 Å². The van der Waals surface area contributed by atoms with E-state index >= 15 is 0 Å². The lowest BCUT2D eigenvalue weighted by atomic mass is 9.69. The summed E-state index contributed by atoms with van der Waals surface area (Å²) in [5.41, 5.74) is 4.67. The van der Waals surface area contributed by atoms with E-state index in [1.807, 2.05) is 12.2 Å². The zero-order chi connectivity index (χ0) is 18.3. The second-order valence-electron chi connectivity index (χ2n) is 7.31. The van der Waals surface area contributed by atoms with Crippen molar-refractivity contribution in [2.75, 3.05) is 0 Å². The molecule has 0 aromatic heterocycles. The molecule has 0 radical (unpaired) electrons. The van der Waals surface area contributed by atoms with E-state index in [4.69, 9.17) is 0 Å². The molecule has 1 heteroatoms. The van der Waals surface area contributed by atoms with Gasteiger partial charge in [0.25, 0.3) is 0 Å². The summed E-state index contributed by atoms with van der Waals surface area (Å²) in [7, 11) is 0. The summed E-state index contributed by atoms with van der Waals surface area (Å²) < 4.78 is 0. The van der Waals surface area contributed by atoms with Crippen LogP contribution in [0.3, 0.4) is 0 Å². The average molecular weight is 322 g/mol. The normalized spacial score (nSPS) is 14.2. The molecule has 0 aliphatic rings. The third-order valence-corrected chi connectivity index (χ3v) is 4.14. The Morgan fingerprint density at radius 3 is 2.29 bits per heavy atom. The fourth-order valence-corrected chi connectivity index (χ4v) is 3.13. The van der Waals surface area contributed by atoms with Gasteiger partial charge in [-0.15, -0.1) is 0 Å². The molecule has 1 aromatic carbocycles. The Morgan fingerprint density at radius 2 is 1.83 bits per heavy atom. The molecule has 0 amide bonds. The SMILES string of the molecule is C=C/C=C\C(=C(/C=C)CC(C)=O)C(c1ccccc1C)C(C)(C)C. The molecule has 1 rings (SSSR count). The van der Waals surface area contributed by atoms with Crippen LogP contribution in [0.2, 0.25) is 0 Å². The van der Waals surface area contributed by atoms with Crippen LogP contribution in [0.4, 0.5) is 0 Å². The van der Waals surface area contributed by atoms with Gasteiger partial charge >= 0.3 is 0 Å². The number of Topliss-reactive ketones (excluding diaryl/α,β-unsaturated/α-hetero) is 1. The minimum Gasteiger partial charge on any atom is -0.300 e. The first kappa shape index (κ1) is 19.9. The average Bonchev–Trinajstić information content (AvgIpc) is 2.49. The fraction of sp³-hybridized carbons (Fsp3) is 0.348.